The maximum absolute atomic E-state index is 12.8. The number of piperidine rings is 2. The third-order valence-electron chi connectivity index (χ3n) is 6.70. The van der Waals surface area contributed by atoms with Crippen LogP contribution in [0.5, 0.6) is 0 Å². The minimum absolute atomic E-state index is 0.109. The fraction of sp³-hybridized carbons (Fsp3) is 0.550. The Morgan fingerprint density at radius 2 is 2.15 bits per heavy atom. The van der Waals surface area contributed by atoms with Crippen LogP contribution in [0.25, 0.3) is 0 Å². The van der Waals surface area contributed by atoms with Gasteiger partial charge in [0, 0.05) is 38.2 Å². The SMILES string of the molecule is O=C1CCC(N2Cc3c(CNC[C@@]45CNC[C@@H]4C5)cccc3C2=O)C(=O)N1. The van der Waals surface area contributed by atoms with E-state index >= 15 is 0 Å². The lowest BCUT2D eigenvalue weighted by Gasteiger charge is -2.29. The Kier molecular flexibility index (Phi) is 3.84. The summed E-state index contributed by atoms with van der Waals surface area (Å²) in [5.74, 6) is 0.0856. The second kappa shape index (κ2) is 6.14. The van der Waals surface area contributed by atoms with Gasteiger partial charge in [-0.2, -0.15) is 0 Å². The van der Waals surface area contributed by atoms with Crippen molar-refractivity contribution in [1.82, 2.24) is 20.9 Å². The number of nitrogens with zero attached hydrogens (tertiary/aromatic N) is 1. The van der Waals surface area contributed by atoms with E-state index in [1.807, 2.05) is 12.1 Å². The van der Waals surface area contributed by atoms with Crippen LogP contribution < -0.4 is 16.0 Å². The standard InChI is InChI=1S/C20H24N4O3/c25-17-5-4-16(18(26)23-17)24-9-15-12(2-1-3-14(15)19(24)27)7-21-10-20-6-13(20)8-22-11-20/h1-3,13,16,21-22H,4-11H2,(H,23,25,26)/t13-,16?,20-/m0/s1. The summed E-state index contributed by atoms with van der Waals surface area (Å²) in [4.78, 5) is 38.1. The van der Waals surface area contributed by atoms with E-state index in [-0.39, 0.29) is 24.1 Å². The van der Waals surface area contributed by atoms with E-state index in [0.29, 0.717) is 23.9 Å². The first-order valence-corrected chi connectivity index (χ1v) is 9.74. The highest BCUT2D eigenvalue weighted by molar-refractivity contribution is 6.05. The van der Waals surface area contributed by atoms with Crippen molar-refractivity contribution in [2.75, 3.05) is 19.6 Å². The highest BCUT2D eigenvalue weighted by atomic mass is 16.2. The van der Waals surface area contributed by atoms with Crippen LogP contribution in [-0.2, 0) is 22.7 Å². The third kappa shape index (κ3) is 2.76. The highest BCUT2D eigenvalue weighted by Gasteiger charge is 2.56. The van der Waals surface area contributed by atoms with E-state index in [4.69, 9.17) is 0 Å². The maximum atomic E-state index is 12.8. The van der Waals surface area contributed by atoms with Gasteiger partial charge in [-0.15, -0.1) is 0 Å². The van der Waals surface area contributed by atoms with Crippen LogP contribution in [0.4, 0.5) is 0 Å². The fourth-order valence-electron chi connectivity index (χ4n) is 4.97. The largest absolute Gasteiger partial charge is 0.322 e. The smallest absolute Gasteiger partial charge is 0.255 e. The minimum Gasteiger partial charge on any atom is -0.322 e. The zero-order valence-electron chi connectivity index (χ0n) is 15.2. The van der Waals surface area contributed by atoms with Crippen LogP contribution in [0.2, 0.25) is 0 Å². The number of fused-ring (bicyclic) bond motifs is 2. The fourth-order valence-corrected chi connectivity index (χ4v) is 4.97. The van der Waals surface area contributed by atoms with E-state index in [0.717, 1.165) is 43.2 Å². The highest BCUT2D eigenvalue weighted by Crippen LogP contribution is 2.54. The number of hydrogen-bond acceptors (Lipinski definition) is 5. The molecule has 2 saturated heterocycles. The molecule has 0 spiro atoms. The number of rotatable bonds is 5. The van der Waals surface area contributed by atoms with Gasteiger partial charge in [-0.05, 0) is 47.9 Å². The van der Waals surface area contributed by atoms with Gasteiger partial charge in [-0.25, -0.2) is 0 Å². The molecule has 3 amide bonds. The molecule has 1 aromatic rings. The van der Waals surface area contributed by atoms with Crippen LogP contribution in [0, 0.1) is 11.3 Å². The number of benzene rings is 1. The molecule has 3 aliphatic heterocycles. The molecule has 3 heterocycles. The molecule has 5 rings (SSSR count). The number of imide groups is 1. The molecular weight excluding hydrogens is 344 g/mol. The minimum atomic E-state index is -0.556. The van der Waals surface area contributed by atoms with Gasteiger partial charge in [0.2, 0.25) is 11.8 Å². The van der Waals surface area contributed by atoms with Crippen LogP contribution in [0.3, 0.4) is 0 Å². The quantitative estimate of drug-likeness (QED) is 0.644. The molecule has 1 aliphatic carbocycles. The van der Waals surface area contributed by atoms with Crippen molar-refractivity contribution in [2.45, 2.75) is 38.4 Å². The van der Waals surface area contributed by atoms with Gasteiger partial charge in [0.15, 0.2) is 0 Å². The number of nitrogens with one attached hydrogen (secondary N) is 3. The molecule has 3 atom stereocenters. The maximum Gasteiger partial charge on any atom is 0.255 e. The first-order chi connectivity index (χ1) is 13.1. The molecule has 1 unspecified atom stereocenters. The van der Waals surface area contributed by atoms with E-state index in [9.17, 15) is 14.4 Å². The van der Waals surface area contributed by atoms with Gasteiger partial charge in [-0.3, -0.25) is 19.7 Å². The molecule has 3 N–H and O–H groups in total. The summed E-state index contributed by atoms with van der Waals surface area (Å²) in [7, 11) is 0. The van der Waals surface area contributed by atoms with E-state index < -0.39 is 6.04 Å². The summed E-state index contributed by atoms with van der Waals surface area (Å²) in [6, 6.07) is 5.25. The van der Waals surface area contributed by atoms with Crippen molar-refractivity contribution in [3.8, 4) is 0 Å². The zero-order valence-corrected chi connectivity index (χ0v) is 15.2. The van der Waals surface area contributed by atoms with Gasteiger partial charge in [0.1, 0.15) is 6.04 Å². The molecule has 7 heteroatoms. The van der Waals surface area contributed by atoms with Crippen molar-refractivity contribution < 1.29 is 14.4 Å². The molecule has 27 heavy (non-hydrogen) atoms. The number of amides is 3. The lowest BCUT2D eigenvalue weighted by Crippen LogP contribution is -2.52. The second-order valence-electron chi connectivity index (χ2n) is 8.34. The average Bonchev–Trinajstić information content (AvgIpc) is 3.00. The normalized spacial score (nSPS) is 31.7. The number of carbonyl (C=O) groups is 3. The van der Waals surface area contributed by atoms with Crippen LogP contribution in [0.1, 0.15) is 40.7 Å². The predicted octanol–water partition coefficient (Wildman–Crippen LogP) is 0.147. The van der Waals surface area contributed by atoms with Gasteiger partial charge in [0.05, 0.1) is 0 Å². The molecule has 7 nitrogen and oxygen atoms in total. The number of hydrogen-bond donors (Lipinski definition) is 3. The molecule has 0 bridgehead atoms. The molecule has 0 aromatic heterocycles. The first-order valence-electron chi connectivity index (χ1n) is 9.74. The van der Waals surface area contributed by atoms with Crippen LogP contribution >= 0.6 is 0 Å². The number of carbonyl (C=O) groups excluding carboxylic acids is 3. The van der Waals surface area contributed by atoms with Gasteiger partial charge in [0.25, 0.3) is 5.91 Å². The van der Waals surface area contributed by atoms with E-state index in [1.54, 1.807) is 4.90 Å². The first kappa shape index (κ1) is 16.9. The predicted molar refractivity (Wildman–Crippen MR) is 97.6 cm³/mol. The van der Waals surface area contributed by atoms with Crippen LogP contribution in [0.15, 0.2) is 18.2 Å². The zero-order chi connectivity index (χ0) is 18.6. The van der Waals surface area contributed by atoms with Crippen LogP contribution in [-0.4, -0.2) is 48.3 Å². The summed E-state index contributed by atoms with van der Waals surface area (Å²) in [5.41, 5.74) is 3.25. The van der Waals surface area contributed by atoms with E-state index in [1.165, 1.54) is 6.42 Å². The molecule has 0 radical (unpaired) electrons. The Balaban J connectivity index is 1.29. The molecule has 142 valence electrons. The molecule has 1 aromatic carbocycles. The van der Waals surface area contributed by atoms with Crippen molar-refractivity contribution >= 4 is 17.7 Å². The van der Waals surface area contributed by atoms with Crippen molar-refractivity contribution in [3.05, 3.63) is 34.9 Å². The second-order valence-corrected chi connectivity index (χ2v) is 8.34. The lowest BCUT2D eigenvalue weighted by atomic mass is 10.0. The molecule has 3 fully saturated rings. The molecule has 4 aliphatic rings. The van der Waals surface area contributed by atoms with Crippen molar-refractivity contribution in [3.63, 3.8) is 0 Å². The Morgan fingerprint density at radius 1 is 1.26 bits per heavy atom. The van der Waals surface area contributed by atoms with Crippen molar-refractivity contribution in [1.29, 1.82) is 0 Å². The Hall–Kier alpha value is -2.25. The molecule has 1 saturated carbocycles. The van der Waals surface area contributed by atoms with Gasteiger partial charge >= 0.3 is 0 Å². The Labute approximate surface area is 157 Å². The molecular formula is C20H24N4O3. The topological polar surface area (TPSA) is 90.5 Å². The summed E-state index contributed by atoms with van der Waals surface area (Å²) in [6.07, 6.45) is 1.98. The average molecular weight is 368 g/mol. The summed E-state index contributed by atoms with van der Waals surface area (Å²) in [5, 5.41) is 9.39. The Bertz CT molecular complexity index is 839. The summed E-state index contributed by atoms with van der Waals surface area (Å²) >= 11 is 0. The summed E-state index contributed by atoms with van der Waals surface area (Å²) in [6.45, 7) is 4.40. The van der Waals surface area contributed by atoms with Gasteiger partial charge in [-0.1, -0.05) is 12.1 Å². The lowest BCUT2D eigenvalue weighted by molar-refractivity contribution is -0.136. The summed E-state index contributed by atoms with van der Waals surface area (Å²) < 4.78 is 0. The van der Waals surface area contributed by atoms with E-state index in [2.05, 4.69) is 22.0 Å². The Morgan fingerprint density at radius 3 is 2.89 bits per heavy atom. The van der Waals surface area contributed by atoms with Gasteiger partial charge < -0.3 is 15.5 Å². The monoisotopic (exact) mass is 368 g/mol. The van der Waals surface area contributed by atoms with Crippen molar-refractivity contribution in [2.24, 2.45) is 11.3 Å². The third-order valence-corrected chi connectivity index (χ3v) is 6.70.